The quantitative estimate of drug-likeness (QED) is 0.824. The van der Waals surface area contributed by atoms with Crippen LogP contribution in [0.2, 0.25) is 0 Å². The SMILES string of the molecule is COc1cccc(OCC(=O)N2CCN(CC(F)(F)F)CC2)c1. The lowest BCUT2D eigenvalue weighted by Crippen LogP contribution is -2.51. The molecule has 0 bridgehead atoms. The Bertz CT molecular complexity index is 529. The van der Waals surface area contributed by atoms with Gasteiger partial charge in [0.05, 0.1) is 13.7 Å². The topological polar surface area (TPSA) is 42.0 Å². The minimum Gasteiger partial charge on any atom is -0.497 e. The number of methoxy groups -OCH3 is 1. The minimum atomic E-state index is -4.21. The van der Waals surface area contributed by atoms with E-state index in [-0.39, 0.29) is 38.7 Å². The number of amides is 1. The van der Waals surface area contributed by atoms with E-state index in [1.54, 1.807) is 24.3 Å². The van der Waals surface area contributed by atoms with Crippen molar-refractivity contribution in [3.05, 3.63) is 24.3 Å². The molecule has 0 aromatic heterocycles. The van der Waals surface area contributed by atoms with Gasteiger partial charge in [-0.1, -0.05) is 6.07 Å². The fraction of sp³-hybridized carbons (Fsp3) is 0.533. The van der Waals surface area contributed by atoms with E-state index in [0.29, 0.717) is 11.5 Å². The number of hydrogen-bond acceptors (Lipinski definition) is 4. The van der Waals surface area contributed by atoms with Gasteiger partial charge < -0.3 is 14.4 Å². The van der Waals surface area contributed by atoms with E-state index in [0.717, 1.165) is 0 Å². The summed E-state index contributed by atoms with van der Waals surface area (Å²) in [7, 11) is 1.53. The van der Waals surface area contributed by atoms with Crippen LogP contribution in [0.1, 0.15) is 0 Å². The van der Waals surface area contributed by atoms with Gasteiger partial charge >= 0.3 is 6.18 Å². The summed E-state index contributed by atoms with van der Waals surface area (Å²) in [6, 6.07) is 6.87. The lowest BCUT2D eigenvalue weighted by molar-refractivity contribution is -0.152. The van der Waals surface area contributed by atoms with Crippen molar-refractivity contribution in [2.45, 2.75) is 6.18 Å². The van der Waals surface area contributed by atoms with Crippen LogP contribution in [-0.2, 0) is 4.79 Å². The van der Waals surface area contributed by atoms with Crippen molar-refractivity contribution in [1.29, 1.82) is 0 Å². The van der Waals surface area contributed by atoms with Crippen molar-refractivity contribution in [2.24, 2.45) is 0 Å². The number of halogens is 3. The Morgan fingerprint density at radius 1 is 1.17 bits per heavy atom. The summed E-state index contributed by atoms with van der Waals surface area (Å²) in [5.41, 5.74) is 0. The van der Waals surface area contributed by atoms with E-state index < -0.39 is 12.7 Å². The number of hydrogen-bond donors (Lipinski definition) is 0. The van der Waals surface area contributed by atoms with Crippen LogP contribution in [0.25, 0.3) is 0 Å². The van der Waals surface area contributed by atoms with Crippen LogP contribution in [-0.4, -0.2) is 68.3 Å². The minimum absolute atomic E-state index is 0.146. The van der Waals surface area contributed by atoms with Crippen molar-refractivity contribution >= 4 is 5.91 Å². The lowest BCUT2D eigenvalue weighted by Gasteiger charge is -2.34. The fourth-order valence-electron chi connectivity index (χ4n) is 2.34. The molecule has 23 heavy (non-hydrogen) atoms. The van der Waals surface area contributed by atoms with Gasteiger partial charge in [-0.3, -0.25) is 9.69 Å². The number of piperazine rings is 1. The molecule has 1 fully saturated rings. The number of nitrogens with zero attached hydrogens (tertiary/aromatic N) is 2. The number of carbonyl (C=O) groups excluding carboxylic acids is 1. The molecule has 0 atom stereocenters. The second-order valence-corrected chi connectivity index (χ2v) is 5.24. The second-order valence-electron chi connectivity index (χ2n) is 5.24. The van der Waals surface area contributed by atoms with Gasteiger partial charge in [-0.05, 0) is 12.1 Å². The standard InChI is InChI=1S/C15H19F3N2O3/c1-22-12-3-2-4-13(9-12)23-10-14(21)20-7-5-19(6-8-20)11-15(16,17)18/h2-4,9H,5-8,10-11H2,1H3. The number of rotatable bonds is 5. The summed E-state index contributed by atoms with van der Waals surface area (Å²) in [5, 5.41) is 0. The van der Waals surface area contributed by atoms with Crippen LogP contribution in [0.15, 0.2) is 24.3 Å². The first-order chi connectivity index (χ1) is 10.9. The number of benzene rings is 1. The van der Waals surface area contributed by atoms with Crippen molar-refractivity contribution in [2.75, 3.05) is 46.4 Å². The molecule has 1 aliphatic heterocycles. The molecule has 5 nitrogen and oxygen atoms in total. The van der Waals surface area contributed by atoms with Crippen LogP contribution in [0, 0.1) is 0 Å². The third kappa shape index (κ3) is 5.63. The zero-order chi connectivity index (χ0) is 16.9. The molecule has 0 aliphatic carbocycles. The molecule has 1 amide bonds. The highest BCUT2D eigenvalue weighted by atomic mass is 19.4. The molecule has 0 unspecified atom stereocenters. The van der Waals surface area contributed by atoms with Gasteiger partial charge in [-0.25, -0.2) is 0 Å². The Hall–Kier alpha value is -1.96. The van der Waals surface area contributed by atoms with E-state index >= 15 is 0 Å². The monoisotopic (exact) mass is 332 g/mol. The van der Waals surface area contributed by atoms with Crippen LogP contribution in [0.4, 0.5) is 13.2 Å². The predicted octanol–water partition coefficient (Wildman–Crippen LogP) is 1.78. The molecule has 1 aromatic rings. The largest absolute Gasteiger partial charge is 0.497 e. The molecule has 0 spiro atoms. The highest BCUT2D eigenvalue weighted by molar-refractivity contribution is 5.77. The third-order valence-corrected chi connectivity index (χ3v) is 3.53. The van der Waals surface area contributed by atoms with Crippen LogP contribution >= 0.6 is 0 Å². The van der Waals surface area contributed by atoms with E-state index in [1.165, 1.54) is 16.9 Å². The summed E-state index contributed by atoms with van der Waals surface area (Å²) in [6.45, 7) is -0.108. The second kappa shape index (κ2) is 7.54. The van der Waals surface area contributed by atoms with Crippen molar-refractivity contribution in [1.82, 2.24) is 9.80 Å². The van der Waals surface area contributed by atoms with Crippen molar-refractivity contribution in [3.8, 4) is 11.5 Å². The Morgan fingerprint density at radius 2 is 1.83 bits per heavy atom. The van der Waals surface area contributed by atoms with E-state index in [9.17, 15) is 18.0 Å². The summed E-state index contributed by atoms with van der Waals surface area (Å²) >= 11 is 0. The van der Waals surface area contributed by atoms with Crippen molar-refractivity contribution in [3.63, 3.8) is 0 Å². The molecule has 1 aliphatic rings. The highest BCUT2D eigenvalue weighted by Gasteiger charge is 2.32. The zero-order valence-corrected chi connectivity index (χ0v) is 12.8. The predicted molar refractivity (Wildman–Crippen MR) is 77.6 cm³/mol. The van der Waals surface area contributed by atoms with Gasteiger partial charge in [0.2, 0.25) is 0 Å². The van der Waals surface area contributed by atoms with E-state index in [1.807, 2.05) is 0 Å². The first-order valence-corrected chi connectivity index (χ1v) is 7.21. The molecule has 1 heterocycles. The number of carbonyl (C=O) groups is 1. The van der Waals surface area contributed by atoms with Crippen LogP contribution in [0.5, 0.6) is 11.5 Å². The maximum absolute atomic E-state index is 12.3. The highest BCUT2D eigenvalue weighted by Crippen LogP contribution is 2.19. The summed E-state index contributed by atoms with van der Waals surface area (Å²) in [4.78, 5) is 14.9. The van der Waals surface area contributed by atoms with Gasteiger partial charge in [0, 0.05) is 32.2 Å². The van der Waals surface area contributed by atoms with Gasteiger partial charge in [0.25, 0.3) is 5.91 Å². The van der Waals surface area contributed by atoms with E-state index in [4.69, 9.17) is 9.47 Å². The summed E-state index contributed by atoms with van der Waals surface area (Å²) < 4.78 is 47.4. The van der Waals surface area contributed by atoms with Crippen LogP contribution < -0.4 is 9.47 Å². The Morgan fingerprint density at radius 3 is 2.43 bits per heavy atom. The smallest absolute Gasteiger partial charge is 0.401 e. The molecule has 0 saturated carbocycles. The molecule has 128 valence electrons. The third-order valence-electron chi connectivity index (χ3n) is 3.53. The molecule has 8 heteroatoms. The number of alkyl halides is 3. The first-order valence-electron chi connectivity index (χ1n) is 7.21. The Labute approximate surface area is 132 Å². The molecular weight excluding hydrogens is 313 g/mol. The Balaban J connectivity index is 1.76. The molecule has 1 aromatic carbocycles. The average molecular weight is 332 g/mol. The van der Waals surface area contributed by atoms with Crippen molar-refractivity contribution < 1.29 is 27.4 Å². The fourth-order valence-corrected chi connectivity index (χ4v) is 2.34. The molecule has 2 rings (SSSR count). The molecular formula is C15H19F3N2O3. The molecule has 0 N–H and O–H groups in total. The summed E-state index contributed by atoms with van der Waals surface area (Å²) in [5.74, 6) is 0.892. The van der Waals surface area contributed by atoms with Gasteiger partial charge in [0.15, 0.2) is 6.61 Å². The maximum Gasteiger partial charge on any atom is 0.401 e. The van der Waals surface area contributed by atoms with Gasteiger partial charge in [-0.15, -0.1) is 0 Å². The molecule has 0 radical (unpaired) electrons. The zero-order valence-electron chi connectivity index (χ0n) is 12.8. The van der Waals surface area contributed by atoms with Crippen LogP contribution in [0.3, 0.4) is 0 Å². The maximum atomic E-state index is 12.3. The van der Waals surface area contributed by atoms with Gasteiger partial charge in [-0.2, -0.15) is 13.2 Å². The Kier molecular flexibility index (Phi) is 5.70. The normalized spacial score (nSPS) is 16.3. The summed E-state index contributed by atoms with van der Waals surface area (Å²) in [6.07, 6.45) is -4.21. The lowest BCUT2D eigenvalue weighted by atomic mass is 10.3. The number of ether oxygens (including phenoxy) is 2. The molecule has 1 saturated heterocycles. The first kappa shape index (κ1) is 17.4. The average Bonchev–Trinajstić information content (AvgIpc) is 2.52. The van der Waals surface area contributed by atoms with Gasteiger partial charge in [0.1, 0.15) is 11.5 Å². The van der Waals surface area contributed by atoms with E-state index in [2.05, 4.69) is 0 Å².